The number of aliphatic hydroxyl groups is 1. The molecule has 0 saturated heterocycles. The predicted molar refractivity (Wildman–Crippen MR) is 92.4 cm³/mol. The summed E-state index contributed by atoms with van der Waals surface area (Å²) in [6.07, 6.45) is 2.46. The minimum absolute atomic E-state index is 0.125. The fourth-order valence-corrected chi connectivity index (χ4v) is 3.25. The molecule has 1 saturated carbocycles. The monoisotopic (exact) mass is 403 g/mol. The van der Waals surface area contributed by atoms with Gasteiger partial charge in [-0.1, -0.05) is 18.6 Å². The number of hydrogen-bond donors (Lipinski definition) is 2. The summed E-state index contributed by atoms with van der Waals surface area (Å²) < 4.78 is 33.2. The van der Waals surface area contributed by atoms with Crippen LogP contribution in [-0.2, 0) is 20.3 Å². The summed E-state index contributed by atoms with van der Waals surface area (Å²) in [7, 11) is 0. The van der Waals surface area contributed by atoms with Gasteiger partial charge in [0, 0.05) is 5.56 Å². The minimum atomic E-state index is -3.95. The van der Waals surface area contributed by atoms with Gasteiger partial charge in [-0.05, 0) is 49.7 Å². The third-order valence-electron chi connectivity index (χ3n) is 4.70. The van der Waals surface area contributed by atoms with E-state index in [1.165, 1.54) is 6.07 Å². The van der Waals surface area contributed by atoms with Crippen molar-refractivity contribution in [2.75, 3.05) is 13.2 Å². The van der Waals surface area contributed by atoms with Crippen molar-refractivity contribution in [3.05, 3.63) is 39.4 Å². The highest BCUT2D eigenvalue weighted by atomic mass is 19.3. The zero-order valence-corrected chi connectivity index (χ0v) is 15.2. The normalized spacial score (nSPS) is 19.8. The summed E-state index contributed by atoms with van der Waals surface area (Å²) in [6.45, 7) is -0.550. The quantitative estimate of drug-likeness (QED) is 0.281. The van der Waals surface area contributed by atoms with Crippen LogP contribution in [0, 0.1) is 10.1 Å². The molecule has 156 valence electrons. The Kier molecular flexibility index (Phi) is 7.50. The molecule has 0 unspecified atom stereocenters. The fourth-order valence-electron chi connectivity index (χ4n) is 3.25. The first-order valence-electron chi connectivity index (χ1n) is 9.05. The largest absolute Gasteiger partial charge is 0.508 e. The van der Waals surface area contributed by atoms with Gasteiger partial charge in [-0.25, -0.2) is 4.79 Å². The number of phenols is 1. The topological polar surface area (TPSA) is 119 Å². The summed E-state index contributed by atoms with van der Waals surface area (Å²) in [5.41, 5.74) is -0.218. The molecule has 0 spiro atoms. The summed E-state index contributed by atoms with van der Waals surface area (Å²) in [5, 5.41) is 28.9. The molecule has 1 fully saturated rings. The molecule has 10 heteroatoms. The molecular weight excluding hydrogens is 380 g/mol. The van der Waals surface area contributed by atoms with Gasteiger partial charge in [0.1, 0.15) is 5.75 Å². The van der Waals surface area contributed by atoms with Crippen LogP contribution >= 0.6 is 0 Å². The second-order valence-corrected chi connectivity index (χ2v) is 6.77. The van der Waals surface area contributed by atoms with E-state index in [1.807, 2.05) is 0 Å². The molecule has 1 aromatic rings. The van der Waals surface area contributed by atoms with Gasteiger partial charge in [0.15, 0.2) is 0 Å². The molecule has 1 aromatic carbocycles. The number of aromatic hydroxyl groups is 1. The number of aliphatic hydroxyl groups excluding tert-OH is 1. The number of nitrogens with zero attached hydrogens (tertiary/aromatic N) is 1. The lowest BCUT2D eigenvalue weighted by atomic mass is 9.82. The Labute approximate surface area is 160 Å². The van der Waals surface area contributed by atoms with E-state index in [0.717, 1.165) is 25.0 Å². The van der Waals surface area contributed by atoms with E-state index in [0.29, 0.717) is 18.4 Å². The van der Waals surface area contributed by atoms with Crippen LogP contribution in [0.3, 0.4) is 0 Å². The van der Waals surface area contributed by atoms with Crippen molar-refractivity contribution in [1.82, 2.24) is 0 Å². The third-order valence-corrected chi connectivity index (χ3v) is 4.70. The van der Waals surface area contributed by atoms with Gasteiger partial charge in [0.2, 0.25) is 0 Å². The van der Waals surface area contributed by atoms with Crippen molar-refractivity contribution in [2.45, 2.75) is 56.5 Å². The highest BCUT2D eigenvalue weighted by Crippen LogP contribution is 2.40. The van der Waals surface area contributed by atoms with Crippen LogP contribution in [-0.4, -0.2) is 40.6 Å². The predicted octanol–water partition coefficient (Wildman–Crippen LogP) is 3.03. The summed E-state index contributed by atoms with van der Waals surface area (Å²) in [4.78, 5) is 25.7. The van der Waals surface area contributed by atoms with Crippen molar-refractivity contribution in [2.24, 2.45) is 0 Å². The first kappa shape index (κ1) is 21.8. The van der Waals surface area contributed by atoms with Crippen molar-refractivity contribution < 1.29 is 38.4 Å². The molecule has 1 aliphatic rings. The van der Waals surface area contributed by atoms with E-state index < -0.39 is 28.6 Å². The highest BCUT2D eigenvalue weighted by Gasteiger charge is 2.43. The van der Waals surface area contributed by atoms with Crippen LogP contribution in [0.4, 0.5) is 8.78 Å². The van der Waals surface area contributed by atoms with Crippen LogP contribution < -0.4 is 0 Å². The number of hydrogen-bond acceptors (Lipinski definition) is 7. The lowest BCUT2D eigenvalue weighted by molar-refractivity contribution is -0.757. The Morgan fingerprint density at radius 1 is 1.29 bits per heavy atom. The Balaban J connectivity index is 1.93. The van der Waals surface area contributed by atoms with E-state index in [9.17, 15) is 33.9 Å². The van der Waals surface area contributed by atoms with Crippen LogP contribution in [0.25, 0.3) is 0 Å². The lowest BCUT2D eigenvalue weighted by Gasteiger charge is -2.27. The van der Waals surface area contributed by atoms with E-state index >= 15 is 0 Å². The maximum atomic E-state index is 14.3. The molecule has 0 heterocycles. The number of esters is 1. The molecule has 0 bridgehead atoms. The SMILES string of the molecule is O=C(OCCCCO[N+](=O)[O-])C(F)(F)c1ccc([C@H]2CCC[C@H](O)C2)c(O)c1. The van der Waals surface area contributed by atoms with Crippen molar-refractivity contribution in [3.63, 3.8) is 0 Å². The number of carbonyl (C=O) groups excluding carboxylic acids is 1. The van der Waals surface area contributed by atoms with Crippen molar-refractivity contribution in [3.8, 4) is 5.75 Å². The Morgan fingerprint density at radius 3 is 2.64 bits per heavy atom. The average molecular weight is 403 g/mol. The third kappa shape index (κ3) is 5.75. The smallest absolute Gasteiger partial charge is 0.381 e. The Bertz CT molecular complexity index is 699. The molecule has 0 aliphatic heterocycles. The van der Waals surface area contributed by atoms with Gasteiger partial charge >= 0.3 is 11.9 Å². The number of benzene rings is 1. The van der Waals surface area contributed by atoms with Gasteiger partial charge < -0.3 is 19.8 Å². The minimum Gasteiger partial charge on any atom is -0.508 e. The molecule has 2 atom stereocenters. The van der Waals surface area contributed by atoms with E-state index in [4.69, 9.17) is 0 Å². The van der Waals surface area contributed by atoms with Crippen LogP contribution in [0.5, 0.6) is 5.75 Å². The maximum Gasteiger partial charge on any atom is 0.381 e. The summed E-state index contributed by atoms with van der Waals surface area (Å²) in [5.74, 6) is -6.18. The second kappa shape index (κ2) is 9.63. The first-order valence-corrected chi connectivity index (χ1v) is 9.05. The average Bonchev–Trinajstić information content (AvgIpc) is 2.63. The number of ether oxygens (including phenoxy) is 1. The molecule has 1 aliphatic carbocycles. The van der Waals surface area contributed by atoms with Crippen molar-refractivity contribution >= 4 is 5.97 Å². The van der Waals surface area contributed by atoms with E-state index in [2.05, 4.69) is 9.57 Å². The number of alkyl halides is 2. The van der Waals surface area contributed by atoms with Gasteiger partial charge in [0.05, 0.1) is 19.3 Å². The van der Waals surface area contributed by atoms with E-state index in [1.54, 1.807) is 0 Å². The molecule has 28 heavy (non-hydrogen) atoms. The molecule has 0 amide bonds. The molecular formula is C18H23F2NO7. The molecule has 2 N–H and O–H groups in total. The van der Waals surface area contributed by atoms with Gasteiger partial charge in [0.25, 0.3) is 5.09 Å². The van der Waals surface area contributed by atoms with Crippen LogP contribution in [0.1, 0.15) is 55.6 Å². The Morgan fingerprint density at radius 2 is 2.00 bits per heavy atom. The number of halogens is 2. The van der Waals surface area contributed by atoms with Gasteiger partial charge in [-0.15, -0.1) is 10.1 Å². The number of rotatable bonds is 9. The number of phenolic OH excluding ortho intramolecular Hbond substituents is 1. The first-order chi connectivity index (χ1) is 13.2. The lowest BCUT2D eigenvalue weighted by Crippen LogP contribution is -2.28. The highest BCUT2D eigenvalue weighted by molar-refractivity contribution is 5.79. The zero-order valence-electron chi connectivity index (χ0n) is 15.2. The van der Waals surface area contributed by atoms with Crippen molar-refractivity contribution in [1.29, 1.82) is 0 Å². The van der Waals surface area contributed by atoms with Crippen LogP contribution in [0.2, 0.25) is 0 Å². The van der Waals surface area contributed by atoms with Crippen LogP contribution in [0.15, 0.2) is 18.2 Å². The molecule has 8 nitrogen and oxygen atoms in total. The summed E-state index contributed by atoms with van der Waals surface area (Å²) in [6, 6.07) is 3.27. The summed E-state index contributed by atoms with van der Waals surface area (Å²) >= 11 is 0. The van der Waals surface area contributed by atoms with Gasteiger partial charge in [-0.2, -0.15) is 8.78 Å². The molecule has 0 aromatic heterocycles. The molecule has 0 radical (unpaired) electrons. The zero-order chi connectivity index (χ0) is 20.7. The van der Waals surface area contributed by atoms with Gasteiger partial charge in [-0.3, -0.25) is 0 Å². The standard InChI is InChI=1S/C18H23F2NO7/c19-18(20,17(24)27-8-1-2-9-28-21(25)26)13-6-7-15(16(23)11-13)12-4-3-5-14(22)10-12/h6-7,11-12,14,22-23H,1-5,8-10H2/t12-,14-/m0/s1. The van der Waals surface area contributed by atoms with E-state index in [-0.39, 0.29) is 37.7 Å². The number of carbonyl (C=O) groups is 1. The number of unbranched alkanes of at least 4 members (excludes halogenated alkanes) is 1. The maximum absolute atomic E-state index is 14.3. The molecule has 2 rings (SSSR count). The Hall–Kier alpha value is -2.49. The fraction of sp³-hybridized carbons (Fsp3) is 0.611. The second-order valence-electron chi connectivity index (χ2n) is 6.77.